The first kappa shape index (κ1) is 11.5. The van der Waals surface area contributed by atoms with Crippen molar-refractivity contribution in [2.24, 2.45) is 4.99 Å². The second-order valence-corrected chi connectivity index (χ2v) is 3.30. The third kappa shape index (κ3) is 3.97. The van der Waals surface area contributed by atoms with Crippen LogP contribution in [0.3, 0.4) is 0 Å². The number of amides is 1. The van der Waals surface area contributed by atoms with Gasteiger partial charge in [0.15, 0.2) is 0 Å². The van der Waals surface area contributed by atoms with E-state index in [1.54, 1.807) is 6.08 Å². The molecule has 0 aromatic rings. The molecule has 4 heteroatoms. The van der Waals surface area contributed by atoms with Crippen molar-refractivity contribution >= 4 is 12.6 Å². The van der Waals surface area contributed by atoms with Gasteiger partial charge in [0.1, 0.15) is 6.61 Å². The molecule has 0 bridgehead atoms. The quantitative estimate of drug-likeness (QED) is 0.422. The van der Waals surface area contributed by atoms with Crippen LogP contribution < -0.4 is 5.32 Å². The number of aliphatic imine (C=N–C) groups is 1. The third-order valence-corrected chi connectivity index (χ3v) is 2.10. The summed E-state index contributed by atoms with van der Waals surface area (Å²) in [4.78, 5) is 14.6. The molecule has 1 heterocycles. The van der Waals surface area contributed by atoms with E-state index in [2.05, 4.69) is 17.0 Å². The molecule has 1 aliphatic rings. The molecule has 0 saturated carbocycles. The van der Waals surface area contributed by atoms with Crippen LogP contribution in [0.5, 0.6) is 0 Å². The summed E-state index contributed by atoms with van der Waals surface area (Å²) < 4.78 is 5.39. The van der Waals surface area contributed by atoms with Crippen molar-refractivity contribution in [1.82, 2.24) is 5.32 Å². The topological polar surface area (TPSA) is 50.7 Å². The molecule has 0 aliphatic carbocycles. The lowest BCUT2D eigenvalue weighted by atomic mass is 10.2. The van der Waals surface area contributed by atoms with Crippen LogP contribution in [0.15, 0.2) is 29.1 Å². The first-order valence-electron chi connectivity index (χ1n) is 4.98. The molecule has 1 aliphatic heterocycles. The molecule has 0 aromatic heterocycles. The van der Waals surface area contributed by atoms with Gasteiger partial charge in [0.25, 0.3) is 0 Å². The highest BCUT2D eigenvalue weighted by Crippen LogP contribution is 2.09. The van der Waals surface area contributed by atoms with Crippen LogP contribution in [-0.4, -0.2) is 25.3 Å². The first-order valence-corrected chi connectivity index (χ1v) is 4.98. The Labute approximate surface area is 89.7 Å². The SMILES string of the molecule is C=N/C(=C\C=C/C)OCC1CCC(=O)N1. The summed E-state index contributed by atoms with van der Waals surface area (Å²) in [6, 6.07) is 0.105. The minimum Gasteiger partial charge on any atom is -0.475 e. The van der Waals surface area contributed by atoms with Crippen molar-refractivity contribution in [3.8, 4) is 0 Å². The van der Waals surface area contributed by atoms with Gasteiger partial charge >= 0.3 is 0 Å². The van der Waals surface area contributed by atoms with Crippen LogP contribution in [0.1, 0.15) is 19.8 Å². The van der Waals surface area contributed by atoms with Crippen LogP contribution >= 0.6 is 0 Å². The number of ether oxygens (including phenoxy) is 1. The molecule has 1 saturated heterocycles. The maximum absolute atomic E-state index is 10.9. The van der Waals surface area contributed by atoms with Crippen LogP contribution in [0.2, 0.25) is 0 Å². The van der Waals surface area contributed by atoms with Gasteiger partial charge in [-0.2, -0.15) is 0 Å². The van der Waals surface area contributed by atoms with E-state index in [-0.39, 0.29) is 11.9 Å². The van der Waals surface area contributed by atoms with Crippen LogP contribution in [0, 0.1) is 0 Å². The third-order valence-electron chi connectivity index (χ3n) is 2.10. The summed E-state index contributed by atoms with van der Waals surface area (Å²) >= 11 is 0. The monoisotopic (exact) mass is 208 g/mol. The van der Waals surface area contributed by atoms with E-state index < -0.39 is 0 Å². The molecule has 1 rings (SSSR count). The molecule has 1 amide bonds. The Hall–Kier alpha value is -1.58. The van der Waals surface area contributed by atoms with Gasteiger partial charge in [-0.15, -0.1) is 0 Å². The predicted molar refractivity (Wildman–Crippen MR) is 59.6 cm³/mol. The van der Waals surface area contributed by atoms with Crippen LogP contribution in [-0.2, 0) is 9.53 Å². The molecule has 1 fully saturated rings. The Bertz CT molecular complexity index is 295. The molecule has 4 nitrogen and oxygen atoms in total. The molecule has 0 spiro atoms. The molecule has 1 N–H and O–H groups in total. The maximum Gasteiger partial charge on any atom is 0.220 e. The normalized spacial score (nSPS) is 21.8. The fourth-order valence-electron chi connectivity index (χ4n) is 1.31. The Kier molecular flexibility index (Phi) is 4.60. The van der Waals surface area contributed by atoms with Crippen molar-refractivity contribution in [1.29, 1.82) is 0 Å². The number of rotatable bonds is 5. The van der Waals surface area contributed by atoms with Crippen molar-refractivity contribution in [2.45, 2.75) is 25.8 Å². The summed E-state index contributed by atoms with van der Waals surface area (Å²) in [5.41, 5.74) is 0. The first-order chi connectivity index (χ1) is 7.26. The lowest BCUT2D eigenvalue weighted by molar-refractivity contribution is -0.119. The average Bonchev–Trinajstić information content (AvgIpc) is 2.65. The number of carbonyl (C=O) groups excluding carboxylic acids is 1. The summed E-state index contributed by atoms with van der Waals surface area (Å²) in [7, 11) is 0. The highest BCUT2D eigenvalue weighted by Gasteiger charge is 2.21. The van der Waals surface area contributed by atoms with Gasteiger partial charge in [0.2, 0.25) is 11.8 Å². The zero-order valence-corrected chi connectivity index (χ0v) is 8.90. The number of nitrogens with one attached hydrogen (secondary N) is 1. The summed E-state index contributed by atoms with van der Waals surface area (Å²) in [6.45, 7) is 5.77. The number of hydrogen-bond donors (Lipinski definition) is 1. The van der Waals surface area contributed by atoms with E-state index in [4.69, 9.17) is 4.74 Å². The van der Waals surface area contributed by atoms with Gasteiger partial charge in [0, 0.05) is 6.42 Å². The highest BCUT2D eigenvalue weighted by molar-refractivity contribution is 5.78. The Morgan fingerprint density at radius 3 is 3.13 bits per heavy atom. The Balaban J connectivity index is 2.34. The second kappa shape index (κ2) is 6.01. The van der Waals surface area contributed by atoms with E-state index in [0.717, 1.165) is 6.42 Å². The molecule has 82 valence electrons. The fourth-order valence-corrected chi connectivity index (χ4v) is 1.31. The Morgan fingerprint density at radius 1 is 1.80 bits per heavy atom. The van der Waals surface area contributed by atoms with Gasteiger partial charge in [-0.05, 0) is 26.1 Å². The standard InChI is InChI=1S/C11H16N2O2/c1-3-4-5-11(12-2)15-8-9-6-7-10(14)13-9/h3-5,9H,2,6-8H2,1H3,(H,13,14)/b4-3-,11-5+. The fraction of sp³-hybridized carbons (Fsp3) is 0.455. The van der Waals surface area contributed by atoms with Crippen molar-refractivity contribution in [3.63, 3.8) is 0 Å². The van der Waals surface area contributed by atoms with Gasteiger partial charge in [-0.25, -0.2) is 4.99 Å². The van der Waals surface area contributed by atoms with E-state index in [9.17, 15) is 4.79 Å². The van der Waals surface area contributed by atoms with E-state index in [1.807, 2.05) is 19.1 Å². The number of nitrogens with zero attached hydrogens (tertiary/aromatic N) is 1. The van der Waals surface area contributed by atoms with E-state index >= 15 is 0 Å². The molecular weight excluding hydrogens is 192 g/mol. The molecule has 15 heavy (non-hydrogen) atoms. The maximum atomic E-state index is 10.9. The highest BCUT2D eigenvalue weighted by atomic mass is 16.5. The Morgan fingerprint density at radius 2 is 2.60 bits per heavy atom. The molecule has 1 atom stereocenters. The minimum absolute atomic E-state index is 0.0918. The summed E-state index contributed by atoms with van der Waals surface area (Å²) in [5, 5.41) is 2.82. The predicted octanol–water partition coefficient (Wildman–Crippen LogP) is 1.40. The molecule has 0 radical (unpaired) electrons. The van der Waals surface area contributed by atoms with Crippen molar-refractivity contribution in [3.05, 3.63) is 24.1 Å². The van der Waals surface area contributed by atoms with Crippen LogP contribution in [0.25, 0.3) is 0 Å². The largest absolute Gasteiger partial charge is 0.475 e. The number of allylic oxidation sites excluding steroid dienone is 3. The lowest BCUT2D eigenvalue weighted by Gasteiger charge is -2.11. The van der Waals surface area contributed by atoms with Crippen LogP contribution in [0.4, 0.5) is 0 Å². The van der Waals surface area contributed by atoms with Gasteiger partial charge < -0.3 is 10.1 Å². The average molecular weight is 208 g/mol. The summed E-state index contributed by atoms with van der Waals surface area (Å²) in [6.07, 6.45) is 6.86. The second-order valence-electron chi connectivity index (χ2n) is 3.30. The van der Waals surface area contributed by atoms with Crippen molar-refractivity contribution < 1.29 is 9.53 Å². The zero-order chi connectivity index (χ0) is 11.1. The summed E-state index contributed by atoms with van der Waals surface area (Å²) in [5.74, 6) is 0.573. The minimum atomic E-state index is 0.0918. The van der Waals surface area contributed by atoms with Gasteiger partial charge in [0.05, 0.1) is 6.04 Å². The zero-order valence-electron chi connectivity index (χ0n) is 8.90. The smallest absolute Gasteiger partial charge is 0.220 e. The van der Waals surface area contributed by atoms with E-state index in [1.165, 1.54) is 0 Å². The molecular formula is C11H16N2O2. The van der Waals surface area contributed by atoms with E-state index in [0.29, 0.717) is 18.9 Å². The number of carbonyl (C=O) groups is 1. The lowest BCUT2D eigenvalue weighted by Crippen LogP contribution is -2.29. The molecule has 1 unspecified atom stereocenters. The van der Waals surface area contributed by atoms with Gasteiger partial charge in [-0.3, -0.25) is 4.79 Å². The number of hydrogen-bond acceptors (Lipinski definition) is 3. The van der Waals surface area contributed by atoms with Crippen molar-refractivity contribution in [2.75, 3.05) is 6.61 Å². The van der Waals surface area contributed by atoms with Gasteiger partial charge in [-0.1, -0.05) is 12.2 Å². The molecule has 0 aromatic carbocycles.